The Morgan fingerprint density at radius 1 is 1.12 bits per heavy atom. The van der Waals surface area contributed by atoms with Gasteiger partial charge in [0.05, 0.1) is 5.69 Å². The Kier molecular flexibility index (Phi) is 5.08. The molecular formula is C21H27NO2. The number of anilines is 1. The van der Waals surface area contributed by atoms with E-state index in [-0.39, 0.29) is 12.2 Å². The standard InChI is InChI=1S/C21H27NO2/c1-14(2)17-12-11-15(3)13-20(17)24-21(23)22-19-10-6-8-16-7-4-5-9-18(16)19/h4-10,14-15,17,20H,11-13H2,1-3H3,(H,22,23). The SMILES string of the molecule is CC1CCC(C(C)C)C(OC(=O)Nc2cccc3ccccc23)C1. The number of carbonyl (C=O) groups excluding carboxylic acids is 1. The van der Waals surface area contributed by atoms with Crippen LogP contribution in [0.15, 0.2) is 42.5 Å². The molecule has 1 saturated carbocycles. The van der Waals surface area contributed by atoms with Crippen LogP contribution in [0.1, 0.15) is 40.0 Å². The number of hydrogen-bond acceptors (Lipinski definition) is 2. The topological polar surface area (TPSA) is 38.3 Å². The van der Waals surface area contributed by atoms with Crippen molar-refractivity contribution in [2.45, 2.75) is 46.1 Å². The molecule has 0 bridgehead atoms. The van der Waals surface area contributed by atoms with Crippen LogP contribution in [-0.4, -0.2) is 12.2 Å². The van der Waals surface area contributed by atoms with Crippen molar-refractivity contribution in [3.05, 3.63) is 42.5 Å². The molecule has 0 saturated heterocycles. The molecule has 0 radical (unpaired) electrons. The zero-order chi connectivity index (χ0) is 17.1. The van der Waals surface area contributed by atoms with Gasteiger partial charge in [-0.3, -0.25) is 5.32 Å². The Morgan fingerprint density at radius 2 is 1.88 bits per heavy atom. The van der Waals surface area contributed by atoms with Crippen molar-refractivity contribution in [1.82, 2.24) is 0 Å². The molecule has 3 unspecified atom stereocenters. The quantitative estimate of drug-likeness (QED) is 0.768. The Morgan fingerprint density at radius 3 is 2.67 bits per heavy atom. The molecule has 0 heterocycles. The van der Waals surface area contributed by atoms with Crippen LogP contribution in [0.2, 0.25) is 0 Å². The number of ether oxygens (including phenoxy) is 1. The zero-order valence-electron chi connectivity index (χ0n) is 14.8. The molecule has 3 heteroatoms. The summed E-state index contributed by atoms with van der Waals surface area (Å²) in [6.07, 6.45) is 3.02. The van der Waals surface area contributed by atoms with Crippen molar-refractivity contribution in [2.75, 3.05) is 5.32 Å². The van der Waals surface area contributed by atoms with E-state index >= 15 is 0 Å². The second-order valence-electron chi connectivity index (χ2n) is 7.42. The lowest BCUT2D eigenvalue weighted by Crippen LogP contribution is -2.36. The minimum absolute atomic E-state index is 0.0173. The smallest absolute Gasteiger partial charge is 0.411 e. The van der Waals surface area contributed by atoms with Crippen LogP contribution in [0, 0.1) is 17.8 Å². The molecule has 3 atom stereocenters. The van der Waals surface area contributed by atoms with Gasteiger partial charge in [0.1, 0.15) is 6.10 Å². The normalized spacial score (nSPS) is 24.1. The number of nitrogens with one attached hydrogen (secondary N) is 1. The first-order chi connectivity index (χ1) is 11.5. The molecular weight excluding hydrogens is 298 g/mol. The van der Waals surface area contributed by atoms with E-state index in [1.165, 1.54) is 6.42 Å². The average Bonchev–Trinajstić information content (AvgIpc) is 2.55. The van der Waals surface area contributed by atoms with Crippen LogP contribution in [0.4, 0.5) is 10.5 Å². The number of rotatable bonds is 3. The van der Waals surface area contributed by atoms with Gasteiger partial charge in [0.25, 0.3) is 0 Å². The van der Waals surface area contributed by atoms with Crippen LogP contribution >= 0.6 is 0 Å². The molecule has 24 heavy (non-hydrogen) atoms. The van der Waals surface area contributed by atoms with E-state index in [1.54, 1.807) is 0 Å². The van der Waals surface area contributed by atoms with Gasteiger partial charge in [-0.2, -0.15) is 0 Å². The molecule has 1 N–H and O–H groups in total. The Balaban J connectivity index is 1.72. The van der Waals surface area contributed by atoms with Crippen LogP contribution in [0.3, 0.4) is 0 Å². The molecule has 0 spiro atoms. The van der Waals surface area contributed by atoms with Crippen LogP contribution in [0.25, 0.3) is 10.8 Å². The lowest BCUT2D eigenvalue weighted by atomic mass is 9.75. The van der Waals surface area contributed by atoms with E-state index < -0.39 is 0 Å². The summed E-state index contributed by atoms with van der Waals surface area (Å²) in [4.78, 5) is 12.5. The number of fused-ring (bicyclic) bond motifs is 1. The molecule has 3 nitrogen and oxygen atoms in total. The van der Waals surface area contributed by atoms with Crippen molar-refractivity contribution < 1.29 is 9.53 Å². The fraction of sp³-hybridized carbons (Fsp3) is 0.476. The van der Waals surface area contributed by atoms with Crippen molar-refractivity contribution in [1.29, 1.82) is 0 Å². The monoisotopic (exact) mass is 325 g/mol. The van der Waals surface area contributed by atoms with Gasteiger partial charge >= 0.3 is 6.09 Å². The van der Waals surface area contributed by atoms with Gasteiger partial charge in [-0.25, -0.2) is 4.79 Å². The van der Waals surface area contributed by atoms with Crippen molar-refractivity contribution >= 4 is 22.6 Å². The first-order valence-electron chi connectivity index (χ1n) is 9.00. The summed E-state index contributed by atoms with van der Waals surface area (Å²) < 4.78 is 5.84. The maximum absolute atomic E-state index is 12.5. The van der Waals surface area contributed by atoms with Gasteiger partial charge in [0.15, 0.2) is 0 Å². The van der Waals surface area contributed by atoms with Crippen LogP contribution in [-0.2, 0) is 4.74 Å². The van der Waals surface area contributed by atoms with Gasteiger partial charge in [-0.1, -0.05) is 63.6 Å². The summed E-state index contributed by atoms with van der Waals surface area (Å²) in [5, 5.41) is 5.09. The van der Waals surface area contributed by atoms with Crippen molar-refractivity contribution in [3.63, 3.8) is 0 Å². The summed E-state index contributed by atoms with van der Waals surface area (Å²) in [6, 6.07) is 14.0. The summed E-state index contributed by atoms with van der Waals surface area (Å²) in [7, 11) is 0. The molecule has 1 amide bonds. The molecule has 1 fully saturated rings. The van der Waals surface area contributed by atoms with Gasteiger partial charge in [0.2, 0.25) is 0 Å². The van der Waals surface area contributed by atoms with Gasteiger partial charge < -0.3 is 4.74 Å². The fourth-order valence-electron chi connectivity index (χ4n) is 3.86. The number of carbonyl (C=O) groups is 1. The highest BCUT2D eigenvalue weighted by molar-refractivity contribution is 6.00. The summed E-state index contributed by atoms with van der Waals surface area (Å²) in [5.41, 5.74) is 0.808. The van der Waals surface area contributed by atoms with Gasteiger partial charge in [0, 0.05) is 5.39 Å². The summed E-state index contributed by atoms with van der Waals surface area (Å²) in [5.74, 6) is 1.61. The lowest BCUT2D eigenvalue weighted by Gasteiger charge is -2.36. The molecule has 3 rings (SSSR count). The second kappa shape index (κ2) is 7.25. The molecule has 0 aromatic heterocycles. The van der Waals surface area contributed by atoms with E-state index in [0.717, 1.165) is 29.3 Å². The first kappa shape index (κ1) is 16.8. The lowest BCUT2D eigenvalue weighted by molar-refractivity contribution is 0.0126. The maximum Gasteiger partial charge on any atom is 0.411 e. The van der Waals surface area contributed by atoms with Crippen molar-refractivity contribution in [3.8, 4) is 0 Å². The molecule has 1 aliphatic rings. The predicted octanol–water partition coefficient (Wildman–Crippen LogP) is 5.85. The Bertz CT molecular complexity index is 705. The second-order valence-corrected chi connectivity index (χ2v) is 7.42. The predicted molar refractivity (Wildman–Crippen MR) is 99.2 cm³/mol. The van der Waals surface area contributed by atoms with Crippen LogP contribution < -0.4 is 5.32 Å². The fourth-order valence-corrected chi connectivity index (χ4v) is 3.86. The third-order valence-electron chi connectivity index (χ3n) is 5.25. The van der Waals surface area contributed by atoms with Gasteiger partial charge in [-0.05, 0) is 42.0 Å². The minimum Gasteiger partial charge on any atom is -0.446 e. The molecule has 128 valence electrons. The number of hydrogen-bond donors (Lipinski definition) is 1. The van der Waals surface area contributed by atoms with E-state index in [0.29, 0.717) is 17.8 Å². The third-order valence-corrected chi connectivity index (χ3v) is 5.25. The van der Waals surface area contributed by atoms with Gasteiger partial charge in [-0.15, -0.1) is 0 Å². The highest BCUT2D eigenvalue weighted by atomic mass is 16.6. The average molecular weight is 325 g/mol. The van der Waals surface area contributed by atoms with Crippen molar-refractivity contribution in [2.24, 2.45) is 17.8 Å². The third kappa shape index (κ3) is 3.72. The Hall–Kier alpha value is -2.03. The first-order valence-corrected chi connectivity index (χ1v) is 9.00. The van der Waals surface area contributed by atoms with E-state index in [2.05, 4.69) is 26.1 Å². The number of amides is 1. The molecule has 0 aliphatic heterocycles. The Labute approximate surface area is 144 Å². The highest BCUT2D eigenvalue weighted by Crippen LogP contribution is 2.35. The van der Waals surface area contributed by atoms with E-state index in [4.69, 9.17) is 4.74 Å². The summed E-state index contributed by atoms with van der Waals surface area (Å²) in [6.45, 7) is 6.69. The molecule has 2 aromatic carbocycles. The zero-order valence-corrected chi connectivity index (χ0v) is 14.8. The molecule has 2 aromatic rings. The van der Waals surface area contributed by atoms with E-state index in [1.807, 2.05) is 42.5 Å². The van der Waals surface area contributed by atoms with E-state index in [9.17, 15) is 4.79 Å². The minimum atomic E-state index is -0.337. The number of benzene rings is 2. The largest absolute Gasteiger partial charge is 0.446 e. The maximum atomic E-state index is 12.5. The molecule has 1 aliphatic carbocycles. The van der Waals surface area contributed by atoms with Crippen LogP contribution in [0.5, 0.6) is 0 Å². The summed E-state index contributed by atoms with van der Waals surface area (Å²) >= 11 is 0. The highest BCUT2D eigenvalue weighted by Gasteiger charge is 2.33.